The van der Waals surface area contributed by atoms with E-state index in [1.807, 2.05) is 30.5 Å². The zero-order valence-electron chi connectivity index (χ0n) is 9.45. The first-order valence-corrected chi connectivity index (χ1v) is 7.88. The van der Waals surface area contributed by atoms with Gasteiger partial charge in [-0.15, -0.1) is 10.2 Å². The van der Waals surface area contributed by atoms with E-state index >= 15 is 0 Å². The maximum Gasteiger partial charge on any atom is 0.179 e. The molecule has 0 fully saturated rings. The molecule has 0 radical (unpaired) electrons. The number of hydrogen-bond donors (Lipinski definition) is 1. The summed E-state index contributed by atoms with van der Waals surface area (Å²) in [6.45, 7) is 1.76. The van der Waals surface area contributed by atoms with Crippen LogP contribution in [0.1, 0.15) is 18.6 Å². The average Bonchev–Trinajstić information content (AvgIpc) is 2.77. The molecule has 0 aliphatic heterocycles. The highest BCUT2D eigenvalue weighted by Gasteiger charge is 2.06. The molecule has 0 saturated heterocycles. The van der Waals surface area contributed by atoms with Crippen molar-refractivity contribution in [3.63, 3.8) is 0 Å². The molecule has 90 valence electrons. The molecule has 0 saturated carbocycles. The first-order chi connectivity index (χ1) is 8.19. The molecule has 1 atom stereocenters. The molecule has 0 spiro atoms. The zero-order chi connectivity index (χ0) is 12.3. The smallest absolute Gasteiger partial charge is 0.179 e. The Morgan fingerprint density at radius 1 is 1.18 bits per heavy atom. The third kappa shape index (κ3) is 3.45. The molecule has 3 nitrogen and oxygen atoms in total. The van der Waals surface area contributed by atoms with Gasteiger partial charge in [-0.1, -0.05) is 47.0 Å². The highest BCUT2D eigenvalue weighted by molar-refractivity contribution is 8.03. The average molecular weight is 284 g/mol. The van der Waals surface area contributed by atoms with Crippen molar-refractivity contribution in [2.75, 3.05) is 6.26 Å². The molecule has 0 aliphatic carbocycles. The monoisotopic (exact) mass is 284 g/mol. The summed E-state index contributed by atoms with van der Waals surface area (Å²) in [7, 11) is 0. The van der Waals surface area contributed by atoms with Crippen LogP contribution in [0, 0.1) is 0 Å². The van der Waals surface area contributed by atoms with Crippen LogP contribution in [0.25, 0.3) is 0 Å². The fraction of sp³-hybridized carbons (Fsp3) is 0.273. The second-order valence-corrected chi connectivity index (χ2v) is 6.74. The fourth-order valence-corrected chi connectivity index (χ4v) is 3.65. The van der Waals surface area contributed by atoms with Crippen molar-refractivity contribution >= 4 is 34.9 Å². The SMILES string of the molecule is CSc1nnc(Sc2ccc([C@H](C)O)cc2)s1. The van der Waals surface area contributed by atoms with Crippen LogP contribution in [-0.2, 0) is 0 Å². The van der Waals surface area contributed by atoms with Crippen molar-refractivity contribution in [2.45, 2.75) is 26.6 Å². The maximum atomic E-state index is 9.41. The van der Waals surface area contributed by atoms with Gasteiger partial charge in [0.25, 0.3) is 0 Å². The van der Waals surface area contributed by atoms with Gasteiger partial charge in [0.05, 0.1) is 6.10 Å². The summed E-state index contributed by atoms with van der Waals surface area (Å²) in [6, 6.07) is 7.85. The minimum absolute atomic E-state index is 0.418. The van der Waals surface area contributed by atoms with E-state index in [1.165, 1.54) is 0 Å². The summed E-state index contributed by atoms with van der Waals surface area (Å²) < 4.78 is 1.92. The third-order valence-corrected chi connectivity index (χ3v) is 5.09. The zero-order valence-corrected chi connectivity index (χ0v) is 11.9. The molecule has 6 heteroatoms. The van der Waals surface area contributed by atoms with E-state index in [0.717, 1.165) is 19.1 Å². The third-order valence-electron chi connectivity index (χ3n) is 2.13. The van der Waals surface area contributed by atoms with E-state index in [1.54, 1.807) is 41.8 Å². The van der Waals surface area contributed by atoms with Gasteiger partial charge >= 0.3 is 0 Å². The molecule has 1 aromatic heterocycles. The van der Waals surface area contributed by atoms with Crippen LogP contribution in [0.3, 0.4) is 0 Å². The predicted octanol–water partition coefficient (Wildman–Crippen LogP) is 3.46. The van der Waals surface area contributed by atoms with Gasteiger partial charge in [-0.3, -0.25) is 0 Å². The molecule has 2 aromatic rings. The van der Waals surface area contributed by atoms with Gasteiger partial charge in [0.2, 0.25) is 0 Å². The van der Waals surface area contributed by atoms with E-state index < -0.39 is 6.10 Å². The number of nitrogens with zero attached hydrogens (tertiary/aromatic N) is 2. The Balaban J connectivity index is 2.08. The number of aliphatic hydroxyl groups excluding tert-OH is 1. The minimum Gasteiger partial charge on any atom is -0.389 e. The van der Waals surface area contributed by atoms with Crippen LogP contribution in [-0.4, -0.2) is 21.6 Å². The molecule has 1 heterocycles. The Kier molecular flexibility index (Phi) is 4.44. The summed E-state index contributed by atoms with van der Waals surface area (Å²) in [4.78, 5) is 1.11. The van der Waals surface area contributed by atoms with E-state index in [4.69, 9.17) is 0 Å². The summed E-state index contributed by atoms with van der Waals surface area (Å²) in [5.41, 5.74) is 0.927. The van der Waals surface area contributed by atoms with Gasteiger partial charge in [0, 0.05) is 4.90 Å². The van der Waals surface area contributed by atoms with Crippen molar-refractivity contribution < 1.29 is 5.11 Å². The number of thioether (sulfide) groups is 1. The molecule has 2 rings (SSSR count). The minimum atomic E-state index is -0.418. The van der Waals surface area contributed by atoms with Crippen LogP contribution in [0.15, 0.2) is 37.8 Å². The van der Waals surface area contributed by atoms with Crippen molar-refractivity contribution in [1.82, 2.24) is 10.2 Å². The number of aromatic nitrogens is 2. The lowest BCUT2D eigenvalue weighted by Gasteiger charge is -2.04. The second kappa shape index (κ2) is 5.86. The molecule has 0 unspecified atom stereocenters. The largest absolute Gasteiger partial charge is 0.389 e. The molecule has 1 aromatic carbocycles. The van der Waals surface area contributed by atoms with E-state index in [0.29, 0.717) is 0 Å². The summed E-state index contributed by atoms with van der Waals surface area (Å²) in [5, 5.41) is 17.6. The molecule has 1 N–H and O–H groups in total. The van der Waals surface area contributed by atoms with E-state index in [9.17, 15) is 5.11 Å². The van der Waals surface area contributed by atoms with Gasteiger partial charge in [-0.25, -0.2) is 0 Å². The van der Waals surface area contributed by atoms with Crippen LogP contribution >= 0.6 is 34.9 Å². The number of rotatable bonds is 4. The molecule has 0 amide bonds. The first kappa shape index (κ1) is 12.9. The first-order valence-electron chi connectivity index (χ1n) is 5.02. The van der Waals surface area contributed by atoms with Crippen molar-refractivity contribution in [3.05, 3.63) is 29.8 Å². The molecular formula is C11H12N2OS3. The van der Waals surface area contributed by atoms with Gasteiger partial charge < -0.3 is 5.11 Å². The van der Waals surface area contributed by atoms with Gasteiger partial charge in [0.15, 0.2) is 8.68 Å². The second-order valence-electron chi connectivity index (χ2n) is 3.39. The number of benzene rings is 1. The summed E-state index contributed by atoms with van der Waals surface area (Å²) in [6.07, 6.45) is 1.57. The Morgan fingerprint density at radius 2 is 1.82 bits per heavy atom. The quantitative estimate of drug-likeness (QED) is 0.871. The fourth-order valence-electron chi connectivity index (χ4n) is 1.24. The normalized spacial score (nSPS) is 12.6. The van der Waals surface area contributed by atoms with Crippen molar-refractivity contribution in [1.29, 1.82) is 0 Å². The summed E-state index contributed by atoms with van der Waals surface area (Å²) in [5.74, 6) is 0. The number of hydrogen-bond acceptors (Lipinski definition) is 6. The standard InChI is InChI=1S/C11H12N2OS3/c1-7(14)8-3-5-9(6-4-8)16-11-13-12-10(15-2)17-11/h3-7,14H,1-2H3/t7-/m0/s1. The highest BCUT2D eigenvalue weighted by Crippen LogP contribution is 2.33. The lowest BCUT2D eigenvalue weighted by molar-refractivity contribution is 0.199. The Hall–Kier alpha value is -0.560. The Bertz CT molecular complexity index is 482. The topological polar surface area (TPSA) is 46.0 Å². The Morgan fingerprint density at radius 3 is 2.35 bits per heavy atom. The van der Waals surface area contributed by atoms with E-state index in [-0.39, 0.29) is 0 Å². The van der Waals surface area contributed by atoms with Crippen LogP contribution in [0.2, 0.25) is 0 Å². The molecule has 0 bridgehead atoms. The molecular weight excluding hydrogens is 272 g/mol. The molecule has 0 aliphatic rings. The Labute approximate surface area is 113 Å². The van der Waals surface area contributed by atoms with Crippen LogP contribution < -0.4 is 0 Å². The lowest BCUT2D eigenvalue weighted by Crippen LogP contribution is -1.89. The van der Waals surface area contributed by atoms with Crippen LogP contribution in [0.5, 0.6) is 0 Å². The van der Waals surface area contributed by atoms with Crippen molar-refractivity contribution in [3.8, 4) is 0 Å². The van der Waals surface area contributed by atoms with Gasteiger partial charge in [-0.2, -0.15) is 0 Å². The van der Waals surface area contributed by atoms with Gasteiger partial charge in [0.1, 0.15) is 0 Å². The number of aliphatic hydroxyl groups is 1. The predicted molar refractivity (Wildman–Crippen MR) is 72.9 cm³/mol. The van der Waals surface area contributed by atoms with E-state index in [2.05, 4.69) is 10.2 Å². The highest BCUT2D eigenvalue weighted by atomic mass is 32.2. The molecule has 17 heavy (non-hydrogen) atoms. The van der Waals surface area contributed by atoms with Crippen LogP contribution in [0.4, 0.5) is 0 Å². The maximum absolute atomic E-state index is 9.41. The van der Waals surface area contributed by atoms with Crippen molar-refractivity contribution in [2.24, 2.45) is 0 Å². The summed E-state index contributed by atoms with van der Waals surface area (Å²) >= 11 is 4.79. The van der Waals surface area contributed by atoms with Gasteiger partial charge in [-0.05, 0) is 30.9 Å². The lowest BCUT2D eigenvalue weighted by atomic mass is 10.1.